The lowest BCUT2D eigenvalue weighted by molar-refractivity contribution is 0.777. The predicted molar refractivity (Wildman–Crippen MR) is 66.0 cm³/mol. The Morgan fingerprint density at radius 3 is 2.36 bits per heavy atom. The third-order valence-electron chi connectivity index (χ3n) is 2.33. The summed E-state index contributed by atoms with van der Waals surface area (Å²) >= 11 is 3.34. The molecule has 0 aliphatic carbocycles. The molecule has 0 radical (unpaired) electrons. The molecule has 78 valence electrons. The standard InChI is InChI=1S/C12H18BrN/c1-10(2)12-5-3-11(4-6-12)7-8-14-9-13/h3-6,10,14H,7-9H2,1-2H3. The molecule has 0 heterocycles. The van der Waals surface area contributed by atoms with Crippen molar-refractivity contribution in [3.63, 3.8) is 0 Å². The van der Waals surface area contributed by atoms with E-state index in [1.54, 1.807) is 0 Å². The fraction of sp³-hybridized carbons (Fsp3) is 0.500. The van der Waals surface area contributed by atoms with Crippen molar-refractivity contribution in [2.45, 2.75) is 26.2 Å². The molecule has 0 atom stereocenters. The minimum atomic E-state index is 0.629. The fourth-order valence-electron chi connectivity index (χ4n) is 1.37. The molecule has 0 fully saturated rings. The molecule has 0 saturated carbocycles. The molecule has 1 N–H and O–H groups in total. The van der Waals surface area contributed by atoms with E-state index in [1.807, 2.05) is 0 Å². The van der Waals surface area contributed by atoms with E-state index < -0.39 is 0 Å². The van der Waals surface area contributed by atoms with Crippen LogP contribution in [-0.4, -0.2) is 12.0 Å². The van der Waals surface area contributed by atoms with Crippen molar-refractivity contribution in [2.75, 3.05) is 12.0 Å². The second kappa shape index (κ2) is 6.20. The SMILES string of the molecule is CC(C)c1ccc(CCNCBr)cc1. The smallest absolute Gasteiger partial charge is 0.0517 e. The van der Waals surface area contributed by atoms with E-state index in [1.165, 1.54) is 11.1 Å². The summed E-state index contributed by atoms with van der Waals surface area (Å²) in [5.41, 5.74) is 3.70. The zero-order chi connectivity index (χ0) is 10.4. The van der Waals surface area contributed by atoms with Crippen LogP contribution in [0.5, 0.6) is 0 Å². The first-order valence-electron chi connectivity index (χ1n) is 5.09. The first-order chi connectivity index (χ1) is 6.74. The van der Waals surface area contributed by atoms with Gasteiger partial charge in [0.25, 0.3) is 0 Å². The van der Waals surface area contributed by atoms with E-state index in [2.05, 4.69) is 59.4 Å². The first kappa shape index (κ1) is 11.7. The van der Waals surface area contributed by atoms with Crippen molar-refractivity contribution in [1.82, 2.24) is 5.32 Å². The minimum Gasteiger partial charge on any atom is -0.307 e. The van der Waals surface area contributed by atoms with E-state index in [0.717, 1.165) is 18.4 Å². The lowest BCUT2D eigenvalue weighted by atomic mass is 10.0. The third kappa shape index (κ3) is 3.81. The van der Waals surface area contributed by atoms with Gasteiger partial charge in [0.05, 0.1) is 5.45 Å². The van der Waals surface area contributed by atoms with Gasteiger partial charge in [-0.3, -0.25) is 0 Å². The summed E-state index contributed by atoms with van der Waals surface area (Å²) in [5, 5.41) is 3.25. The van der Waals surface area contributed by atoms with Gasteiger partial charge >= 0.3 is 0 Å². The topological polar surface area (TPSA) is 12.0 Å². The van der Waals surface area contributed by atoms with Crippen LogP contribution in [0.15, 0.2) is 24.3 Å². The van der Waals surface area contributed by atoms with Gasteiger partial charge in [-0.2, -0.15) is 0 Å². The Hall–Kier alpha value is -0.340. The molecule has 0 aliphatic rings. The molecular formula is C12H18BrN. The van der Waals surface area contributed by atoms with E-state index >= 15 is 0 Å². The summed E-state index contributed by atoms with van der Waals surface area (Å²) in [5.74, 6) is 0.629. The highest BCUT2D eigenvalue weighted by molar-refractivity contribution is 9.09. The molecule has 0 aliphatic heterocycles. The van der Waals surface area contributed by atoms with E-state index in [9.17, 15) is 0 Å². The van der Waals surface area contributed by atoms with Crippen LogP contribution < -0.4 is 5.32 Å². The van der Waals surface area contributed by atoms with Gasteiger partial charge in [-0.05, 0) is 30.0 Å². The number of hydrogen-bond acceptors (Lipinski definition) is 1. The highest BCUT2D eigenvalue weighted by Gasteiger charge is 1.98. The average Bonchev–Trinajstić information content (AvgIpc) is 2.19. The Labute approximate surface area is 95.0 Å². The van der Waals surface area contributed by atoms with Crippen molar-refractivity contribution in [1.29, 1.82) is 0 Å². The van der Waals surface area contributed by atoms with Crippen molar-refractivity contribution in [3.05, 3.63) is 35.4 Å². The number of nitrogens with one attached hydrogen (secondary N) is 1. The zero-order valence-electron chi connectivity index (χ0n) is 8.89. The third-order valence-corrected chi connectivity index (χ3v) is 2.73. The van der Waals surface area contributed by atoms with Gasteiger partial charge in [-0.1, -0.05) is 54.0 Å². The van der Waals surface area contributed by atoms with Crippen LogP contribution in [-0.2, 0) is 6.42 Å². The Bertz CT molecular complexity index is 254. The highest BCUT2D eigenvalue weighted by atomic mass is 79.9. The maximum atomic E-state index is 3.34. The minimum absolute atomic E-state index is 0.629. The zero-order valence-corrected chi connectivity index (χ0v) is 10.5. The summed E-state index contributed by atoms with van der Waals surface area (Å²) in [6, 6.07) is 8.92. The van der Waals surface area contributed by atoms with Gasteiger partial charge in [-0.15, -0.1) is 0 Å². The number of rotatable bonds is 5. The van der Waals surface area contributed by atoms with Crippen molar-refractivity contribution in [2.24, 2.45) is 0 Å². The predicted octanol–water partition coefficient (Wildman–Crippen LogP) is 3.29. The molecule has 14 heavy (non-hydrogen) atoms. The van der Waals surface area contributed by atoms with Crippen molar-refractivity contribution >= 4 is 15.9 Å². The Kier molecular flexibility index (Phi) is 5.20. The molecule has 1 nitrogen and oxygen atoms in total. The normalized spacial score (nSPS) is 10.9. The first-order valence-corrected chi connectivity index (χ1v) is 6.21. The molecule has 0 amide bonds. The van der Waals surface area contributed by atoms with Crippen LogP contribution in [0.4, 0.5) is 0 Å². The molecular weight excluding hydrogens is 238 g/mol. The molecule has 1 aromatic rings. The van der Waals surface area contributed by atoms with Gasteiger partial charge < -0.3 is 5.32 Å². The molecule has 0 spiro atoms. The molecule has 0 saturated heterocycles. The molecule has 1 rings (SSSR count). The van der Waals surface area contributed by atoms with Crippen molar-refractivity contribution < 1.29 is 0 Å². The summed E-state index contributed by atoms with van der Waals surface area (Å²) in [6.45, 7) is 5.48. The largest absolute Gasteiger partial charge is 0.307 e. The Morgan fingerprint density at radius 1 is 1.21 bits per heavy atom. The summed E-state index contributed by atoms with van der Waals surface area (Å²) in [7, 11) is 0. The van der Waals surface area contributed by atoms with Crippen molar-refractivity contribution in [3.8, 4) is 0 Å². The second-order valence-electron chi connectivity index (χ2n) is 3.78. The summed E-state index contributed by atoms with van der Waals surface area (Å²) < 4.78 is 0. The van der Waals surface area contributed by atoms with Gasteiger partial charge in [-0.25, -0.2) is 0 Å². The van der Waals surface area contributed by atoms with Crippen LogP contribution in [0.25, 0.3) is 0 Å². The van der Waals surface area contributed by atoms with E-state index in [0.29, 0.717) is 5.92 Å². The molecule has 0 aromatic heterocycles. The van der Waals surface area contributed by atoms with Crippen LogP contribution in [0.2, 0.25) is 0 Å². The highest BCUT2D eigenvalue weighted by Crippen LogP contribution is 2.14. The Balaban J connectivity index is 2.47. The maximum Gasteiger partial charge on any atom is 0.0517 e. The summed E-state index contributed by atoms with van der Waals surface area (Å²) in [6.07, 6.45) is 1.10. The quantitative estimate of drug-likeness (QED) is 0.484. The van der Waals surface area contributed by atoms with Gasteiger partial charge in [0.1, 0.15) is 0 Å². The van der Waals surface area contributed by atoms with Crippen LogP contribution in [0.1, 0.15) is 30.9 Å². The molecule has 1 aromatic carbocycles. The lowest BCUT2D eigenvalue weighted by Crippen LogP contribution is -2.14. The van der Waals surface area contributed by atoms with Crippen LogP contribution >= 0.6 is 15.9 Å². The van der Waals surface area contributed by atoms with E-state index in [4.69, 9.17) is 0 Å². The van der Waals surface area contributed by atoms with Gasteiger partial charge in [0.15, 0.2) is 0 Å². The number of benzene rings is 1. The van der Waals surface area contributed by atoms with Gasteiger partial charge in [0.2, 0.25) is 0 Å². The average molecular weight is 256 g/mol. The number of halogens is 1. The summed E-state index contributed by atoms with van der Waals surface area (Å²) in [4.78, 5) is 0. The lowest BCUT2D eigenvalue weighted by Gasteiger charge is -2.06. The van der Waals surface area contributed by atoms with Gasteiger partial charge in [0, 0.05) is 0 Å². The molecule has 2 heteroatoms. The second-order valence-corrected chi connectivity index (χ2v) is 4.34. The molecule has 0 unspecified atom stereocenters. The molecule has 0 bridgehead atoms. The number of hydrogen-bond donors (Lipinski definition) is 1. The fourth-order valence-corrected chi connectivity index (χ4v) is 1.65. The van der Waals surface area contributed by atoms with Crippen LogP contribution in [0, 0.1) is 0 Å². The van der Waals surface area contributed by atoms with Crippen LogP contribution in [0.3, 0.4) is 0 Å². The maximum absolute atomic E-state index is 3.34. The van der Waals surface area contributed by atoms with E-state index in [-0.39, 0.29) is 0 Å². The Morgan fingerprint density at radius 2 is 1.86 bits per heavy atom. The number of alkyl halides is 1. The monoisotopic (exact) mass is 255 g/mol.